The molecule has 1 rings (SSSR count). The molecule has 108 valence electrons. The standard InChI is InChI=1S/C16H26BrNO/c1-5-10-18-12-16(2,3)9-8-13-6-7-15(19-4)14(17)11-13/h6-7,11,18H,5,8-10,12H2,1-4H3. The minimum atomic E-state index is 0.335. The molecule has 1 N–H and O–H groups in total. The van der Waals surface area contributed by atoms with Crippen LogP contribution >= 0.6 is 15.9 Å². The summed E-state index contributed by atoms with van der Waals surface area (Å²) in [7, 11) is 1.70. The normalized spacial score (nSPS) is 11.6. The Morgan fingerprint density at radius 3 is 2.63 bits per heavy atom. The van der Waals surface area contributed by atoms with E-state index in [1.807, 2.05) is 6.07 Å². The van der Waals surface area contributed by atoms with Gasteiger partial charge >= 0.3 is 0 Å². The van der Waals surface area contributed by atoms with Crippen LogP contribution in [0.4, 0.5) is 0 Å². The van der Waals surface area contributed by atoms with Gasteiger partial charge in [-0.1, -0.05) is 26.8 Å². The fraction of sp³-hybridized carbons (Fsp3) is 0.625. The largest absolute Gasteiger partial charge is 0.496 e. The number of methoxy groups -OCH3 is 1. The quantitative estimate of drug-likeness (QED) is 0.714. The van der Waals surface area contributed by atoms with Gasteiger partial charge in [0, 0.05) is 6.54 Å². The molecule has 0 fully saturated rings. The lowest BCUT2D eigenvalue weighted by atomic mass is 9.86. The van der Waals surface area contributed by atoms with Gasteiger partial charge in [-0.05, 0) is 64.8 Å². The molecule has 0 unspecified atom stereocenters. The third-order valence-corrected chi connectivity index (χ3v) is 3.96. The van der Waals surface area contributed by atoms with Crippen molar-refractivity contribution >= 4 is 15.9 Å². The van der Waals surface area contributed by atoms with Crippen LogP contribution in [-0.4, -0.2) is 20.2 Å². The number of halogens is 1. The second-order valence-corrected chi connectivity index (χ2v) is 6.66. The third-order valence-electron chi connectivity index (χ3n) is 3.34. The predicted octanol–water partition coefficient (Wildman–Crippen LogP) is 4.42. The molecule has 0 aliphatic carbocycles. The average molecular weight is 328 g/mol. The predicted molar refractivity (Wildman–Crippen MR) is 86.0 cm³/mol. The van der Waals surface area contributed by atoms with Crippen molar-refractivity contribution in [2.75, 3.05) is 20.2 Å². The van der Waals surface area contributed by atoms with Crippen molar-refractivity contribution in [3.63, 3.8) is 0 Å². The molecule has 0 bridgehead atoms. The average Bonchev–Trinajstić information content (AvgIpc) is 2.37. The molecule has 3 heteroatoms. The highest BCUT2D eigenvalue weighted by atomic mass is 79.9. The molecular weight excluding hydrogens is 302 g/mol. The summed E-state index contributed by atoms with van der Waals surface area (Å²) in [6, 6.07) is 6.34. The first-order chi connectivity index (χ1) is 8.98. The first kappa shape index (κ1) is 16.5. The van der Waals surface area contributed by atoms with E-state index < -0.39 is 0 Å². The Labute approximate surface area is 126 Å². The molecule has 0 aromatic heterocycles. The summed E-state index contributed by atoms with van der Waals surface area (Å²) >= 11 is 3.54. The Hall–Kier alpha value is -0.540. The molecule has 0 aliphatic rings. The number of benzene rings is 1. The molecule has 0 atom stereocenters. The molecule has 19 heavy (non-hydrogen) atoms. The van der Waals surface area contributed by atoms with Gasteiger partial charge in [0.2, 0.25) is 0 Å². The van der Waals surface area contributed by atoms with Crippen molar-refractivity contribution in [3.8, 4) is 5.75 Å². The van der Waals surface area contributed by atoms with Crippen LogP contribution in [0.1, 0.15) is 39.2 Å². The molecule has 1 aromatic carbocycles. The number of rotatable bonds is 8. The summed E-state index contributed by atoms with van der Waals surface area (Å²) in [6.07, 6.45) is 3.48. The second kappa shape index (κ2) is 7.91. The lowest BCUT2D eigenvalue weighted by molar-refractivity contribution is 0.315. The number of ether oxygens (including phenoxy) is 1. The van der Waals surface area contributed by atoms with Crippen molar-refractivity contribution < 1.29 is 4.74 Å². The summed E-state index contributed by atoms with van der Waals surface area (Å²) in [5.41, 5.74) is 1.69. The highest BCUT2D eigenvalue weighted by Gasteiger charge is 2.17. The number of hydrogen-bond acceptors (Lipinski definition) is 2. The van der Waals surface area contributed by atoms with E-state index >= 15 is 0 Å². The molecular formula is C16H26BrNO. The summed E-state index contributed by atoms with van der Waals surface area (Å²) in [5, 5.41) is 3.51. The van der Waals surface area contributed by atoms with Crippen LogP contribution in [-0.2, 0) is 6.42 Å². The van der Waals surface area contributed by atoms with Gasteiger partial charge in [-0.25, -0.2) is 0 Å². The molecule has 0 radical (unpaired) electrons. The van der Waals surface area contributed by atoms with Gasteiger partial charge in [0.25, 0.3) is 0 Å². The van der Waals surface area contributed by atoms with Gasteiger partial charge in [-0.3, -0.25) is 0 Å². The van der Waals surface area contributed by atoms with E-state index in [-0.39, 0.29) is 0 Å². The van der Waals surface area contributed by atoms with Crippen LogP contribution in [0.5, 0.6) is 5.75 Å². The van der Waals surface area contributed by atoms with Crippen LogP contribution in [0.15, 0.2) is 22.7 Å². The van der Waals surface area contributed by atoms with Crippen molar-refractivity contribution in [2.45, 2.75) is 40.0 Å². The Bertz CT molecular complexity index is 390. The topological polar surface area (TPSA) is 21.3 Å². The zero-order valence-electron chi connectivity index (χ0n) is 12.6. The van der Waals surface area contributed by atoms with E-state index in [4.69, 9.17) is 4.74 Å². The third kappa shape index (κ3) is 5.96. The minimum Gasteiger partial charge on any atom is -0.496 e. The molecule has 0 aliphatic heterocycles. The highest BCUT2D eigenvalue weighted by molar-refractivity contribution is 9.10. The van der Waals surface area contributed by atoms with Crippen molar-refractivity contribution in [1.29, 1.82) is 0 Å². The molecule has 0 saturated heterocycles. The van der Waals surface area contributed by atoms with Gasteiger partial charge in [0.15, 0.2) is 0 Å². The molecule has 0 spiro atoms. The minimum absolute atomic E-state index is 0.335. The van der Waals surface area contributed by atoms with E-state index in [0.717, 1.165) is 29.7 Å². The molecule has 1 aromatic rings. The molecule has 2 nitrogen and oxygen atoms in total. The Morgan fingerprint density at radius 2 is 2.05 bits per heavy atom. The maximum absolute atomic E-state index is 5.25. The summed E-state index contributed by atoms with van der Waals surface area (Å²) in [6.45, 7) is 9.05. The number of nitrogens with one attached hydrogen (secondary N) is 1. The monoisotopic (exact) mass is 327 g/mol. The highest BCUT2D eigenvalue weighted by Crippen LogP contribution is 2.28. The van der Waals surface area contributed by atoms with E-state index in [1.54, 1.807) is 7.11 Å². The first-order valence-corrected chi connectivity index (χ1v) is 7.81. The van der Waals surface area contributed by atoms with Crippen LogP contribution < -0.4 is 10.1 Å². The van der Waals surface area contributed by atoms with Crippen LogP contribution in [0.3, 0.4) is 0 Å². The van der Waals surface area contributed by atoms with Crippen molar-refractivity contribution in [2.24, 2.45) is 5.41 Å². The molecule has 0 saturated carbocycles. The lowest BCUT2D eigenvalue weighted by Gasteiger charge is -2.25. The van der Waals surface area contributed by atoms with Crippen molar-refractivity contribution in [1.82, 2.24) is 5.32 Å². The maximum Gasteiger partial charge on any atom is 0.133 e. The molecule has 0 heterocycles. The van der Waals surface area contributed by atoms with Crippen LogP contribution in [0.2, 0.25) is 0 Å². The van der Waals surface area contributed by atoms with Gasteiger partial charge in [-0.15, -0.1) is 0 Å². The van der Waals surface area contributed by atoms with Crippen molar-refractivity contribution in [3.05, 3.63) is 28.2 Å². The van der Waals surface area contributed by atoms with Gasteiger partial charge < -0.3 is 10.1 Å². The zero-order valence-corrected chi connectivity index (χ0v) is 14.1. The Morgan fingerprint density at radius 1 is 1.32 bits per heavy atom. The van der Waals surface area contributed by atoms with E-state index in [2.05, 4.69) is 54.2 Å². The summed E-state index contributed by atoms with van der Waals surface area (Å²) < 4.78 is 6.29. The summed E-state index contributed by atoms with van der Waals surface area (Å²) in [4.78, 5) is 0. The maximum atomic E-state index is 5.25. The van der Waals surface area contributed by atoms with Gasteiger partial charge in [-0.2, -0.15) is 0 Å². The smallest absolute Gasteiger partial charge is 0.133 e. The van der Waals surface area contributed by atoms with Gasteiger partial charge in [0.05, 0.1) is 11.6 Å². The Kier molecular flexibility index (Phi) is 6.87. The van der Waals surface area contributed by atoms with Gasteiger partial charge in [0.1, 0.15) is 5.75 Å². The number of hydrogen-bond donors (Lipinski definition) is 1. The van der Waals surface area contributed by atoms with E-state index in [9.17, 15) is 0 Å². The number of aryl methyl sites for hydroxylation is 1. The summed E-state index contributed by atoms with van der Waals surface area (Å²) in [5.74, 6) is 0.896. The fourth-order valence-corrected chi connectivity index (χ4v) is 2.63. The SMILES string of the molecule is CCCNCC(C)(C)CCc1ccc(OC)c(Br)c1. The van der Waals surface area contributed by atoms with Crippen LogP contribution in [0.25, 0.3) is 0 Å². The Balaban J connectivity index is 2.49. The van der Waals surface area contributed by atoms with Crippen LogP contribution in [0, 0.1) is 5.41 Å². The zero-order chi connectivity index (χ0) is 14.3. The molecule has 0 amide bonds. The second-order valence-electron chi connectivity index (χ2n) is 5.81. The fourth-order valence-electron chi connectivity index (χ4n) is 2.04. The van der Waals surface area contributed by atoms with E-state index in [1.165, 1.54) is 18.4 Å². The first-order valence-electron chi connectivity index (χ1n) is 7.01. The van der Waals surface area contributed by atoms with E-state index in [0.29, 0.717) is 5.41 Å². The lowest BCUT2D eigenvalue weighted by Crippen LogP contribution is -2.30.